The van der Waals surface area contributed by atoms with Crippen LogP contribution < -0.4 is 9.47 Å². The van der Waals surface area contributed by atoms with E-state index in [1.54, 1.807) is 24.4 Å². The summed E-state index contributed by atoms with van der Waals surface area (Å²) in [6.07, 6.45) is 5.37. The quantitative estimate of drug-likeness (QED) is 0.478. The fourth-order valence-corrected chi connectivity index (χ4v) is 3.80. The summed E-state index contributed by atoms with van der Waals surface area (Å²) in [5.74, 6) is 2.36. The minimum absolute atomic E-state index is 0.0553. The Hall–Kier alpha value is -3.94. The molecule has 0 radical (unpaired) electrons. The van der Waals surface area contributed by atoms with Gasteiger partial charge in [0.05, 0.1) is 6.04 Å². The Bertz CT molecular complexity index is 1190. The topological polar surface area (TPSA) is 81.9 Å². The average Bonchev–Trinajstić information content (AvgIpc) is 3.45. The maximum Gasteiger partial charge on any atom is 0.261 e. The molecule has 0 spiro atoms. The molecule has 3 aromatic heterocycles. The van der Waals surface area contributed by atoms with Crippen molar-refractivity contribution in [1.29, 1.82) is 0 Å². The van der Waals surface area contributed by atoms with Crippen LogP contribution in [0.25, 0.3) is 5.65 Å². The zero-order valence-corrected chi connectivity index (χ0v) is 16.8. The number of fused-ring (bicyclic) bond motifs is 1. The van der Waals surface area contributed by atoms with Crippen molar-refractivity contribution in [2.75, 3.05) is 13.2 Å². The summed E-state index contributed by atoms with van der Waals surface area (Å²) in [5, 5.41) is 8.55. The number of hydrogen-bond acceptors (Lipinski definition) is 6. The van der Waals surface area contributed by atoms with Gasteiger partial charge in [0.25, 0.3) is 5.91 Å². The van der Waals surface area contributed by atoms with Gasteiger partial charge in [0.15, 0.2) is 18.1 Å². The number of nitrogens with zero attached hydrogens (tertiary/aromatic N) is 5. The molecule has 4 aromatic rings. The van der Waals surface area contributed by atoms with E-state index in [2.05, 4.69) is 15.2 Å². The van der Waals surface area contributed by atoms with Crippen molar-refractivity contribution in [1.82, 2.24) is 24.5 Å². The molecular weight excluding hydrogens is 394 g/mol. The molecule has 0 aliphatic carbocycles. The second-order valence-electron chi connectivity index (χ2n) is 7.27. The van der Waals surface area contributed by atoms with Crippen LogP contribution in [0.5, 0.6) is 17.4 Å². The van der Waals surface area contributed by atoms with E-state index in [4.69, 9.17) is 9.47 Å². The molecule has 1 atom stereocenters. The molecule has 1 aliphatic heterocycles. The van der Waals surface area contributed by atoms with Crippen LogP contribution in [0.15, 0.2) is 73.1 Å². The lowest BCUT2D eigenvalue weighted by molar-refractivity contribution is -0.134. The number of carbonyl (C=O) groups is 1. The van der Waals surface area contributed by atoms with Gasteiger partial charge in [-0.25, -0.2) is 4.98 Å². The summed E-state index contributed by atoms with van der Waals surface area (Å²) in [4.78, 5) is 18.9. The summed E-state index contributed by atoms with van der Waals surface area (Å²) >= 11 is 0. The van der Waals surface area contributed by atoms with E-state index in [-0.39, 0.29) is 18.6 Å². The normalized spacial score (nSPS) is 15.9. The second kappa shape index (κ2) is 8.43. The largest absolute Gasteiger partial charge is 0.484 e. The summed E-state index contributed by atoms with van der Waals surface area (Å²) in [6, 6.07) is 18.3. The van der Waals surface area contributed by atoms with Gasteiger partial charge in [-0.05, 0) is 43.2 Å². The molecule has 0 bridgehead atoms. The minimum atomic E-state index is -0.104. The zero-order valence-electron chi connectivity index (χ0n) is 16.8. The molecule has 0 unspecified atom stereocenters. The molecule has 1 amide bonds. The van der Waals surface area contributed by atoms with E-state index < -0.39 is 0 Å². The van der Waals surface area contributed by atoms with Crippen molar-refractivity contribution in [2.24, 2.45) is 0 Å². The van der Waals surface area contributed by atoms with Gasteiger partial charge in [-0.2, -0.15) is 0 Å². The van der Waals surface area contributed by atoms with Gasteiger partial charge in [-0.1, -0.05) is 18.2 Å². The molecule has 5 rings (SSSR count). The van der Waals surface area contributed by atoms with Gasteiger partial charge in [0.1, 0.15) is 11.5 Å². The van der Waals surface area contributed by atoms with E-state index in [1.807, 2.05) is 58.0 Å². The number of amides is 1. The smallest absolute Gasteiger partial charge is 0.261 e. The number of likely N-dealkylation sites (tertiary alicyclic amines) is 1. The Morgan fingerprint density at radius 2 is 1.94 bits per heavy atom. The van der Waals surface area contributed by atoms with Crippen molar-refractivity contribution in [3.8, 4) is 17.4 Å². The highest BCUT2D eigenvalue weighted by Crippen LogP contribution is 2.31. The first kappa shape index (κ1) is 19.0. The Kier molecular flexibility index (Phi) is 5.18. The maximum absolute atomic E-state index is 12.9. The molecule has 156 valence electrons. The first-order valence-electron chi connectivity index (χ1n) is 10.2. The lowest BCUT2D eigenvalue weighted by atomic mass is 10.2. The van der Waals surface area contributed by atoms with E-state index in [1.165, 1.54) is 0 Å². The average molecular weight is 415 g/mol. The number of carbonyl (C=O) groups excluding carboxylic acids is 1. The van der Waals surface area contributed by atoms with Gasteiger partial charge >= 0.3 is 0 Å². The van der Waals surface area contributed by atoms with Crippen LogP contribution in [0.2, 0.25) is 0 Å². The van der Waals surface area contributed by atoms with Crippen LogP contribution >= 0.6 is 0 Å². The van der Waals surface area contributed by atoms with Crippen molar-refractivity contribution in [2.45, 2.75) is 18.9 Å². The molecule has 1 aliphatic rings. The lowest BCUT2D eigenvalue weighted by Gasteiger charge is -2.23. The van der Waals surface area contributed by atoms with Crippen molar-refractivity contribution >= 4 is 11.6 Å². The third-order valence-electron chi connectivity index (χ3n) is 5.24. The van der Waals surface area contributed by atoms with Crippen LogP contribution in [0.4, 0.5) is 0 Å². The highest BCUT2D eigenvalue weighted by Gasteiger charge is 2.33. The number of aromatic nitrogens is 4. The van der Waals surface area contributed by atoms with Crippen LogP contribution in [0, 0.1) is 0 Å². The fourth-order valence-electron chi connectivity index (χ4n) is 3.80. The molecule has 1 fully saturated rings. The van der Waals surface area contributed by atoms with Gasteiger partial charge in [-0.15, -0.1) is 10.2 Å². The van der Waals surface area contributed by atoms with E-state index in [0.717, 1.165) is 24.3 Å². The first-order chi connectivity index (χ1) is 15.3. The predicted octanol–water partition coefficient (Wildman–Crippen LogP) is 3.66. The molecule has 1 aromatic carbocycles. The number of hydrogen-bond donors (Lipinski definition) is 0. The summed E-state index contributed by atoms with van der Waals surface area (Å²) in [6.45, 7) is 0.623. The summed E-state index contributed by atoms with van der Waals surface area (Å²) < 4.78 is 13.4. The third-order valence-corrected chi connectivity index (χ3v) is 5.24. The molecule has 31 heavy (non-hydrogen) atoms. The second-order valence-corrected chi connectivity index (χ2v) is 7.27. The molecule has 8 heteroatoms. The van der Waals surface area contributed by atoms with E-state index >= 15 is 0 Å². The number of ether oxygens (including phenoxy) is 2. The van der Waals surface area contributed by atoms with Crippen LogP contribution in [-0.4, -0.2) is 43.5 Å². The van der Waals surface area contributed by atoms with Crippen molar-refractivity contribution < 1.29 is 14.3 Å². The van der Waals surface area contributed by atoms with E-state index in [0.29, 0.717) is 23.9 Å². The predicted molar refractivity (Wildman–Crippen MR) is 113 cm³/mol. The molecule has 0 N–H and O–H groups in total. The Labute approximate surface area is 179 Å². The van der Waals surface area contributed by atoms with Crippen molar-refractivity contribution in [3.05, 3.63) is 78.9 Å². The number of pyridine rings is 2. The Balaban J connectivity index is 1.25. The minimum Gasteiger partial charge on any atom is -0.484 e. The molecule has 1 saturated heterocycles. The highest BCUT2D eigenvalue weighted by atomic mass is 16.5. The maximum atomic E-state index is 12.9. The van der Waals surface area contributed by atoms with Gasteiger partial charge in [-0.3, -0.25) is 9.20 Å². The number of rotatable bonds is 6. The highest BCUT2D eigenvalue weighted by molar-refractivity contribution is 5.78. The first-order valence-corrected chi connectivity index (χ1v) is 10.2. The summed E-state index contributed by atoms with van der Waals surface area (Å²) in [5.41, 5.74) is 0.776. The molecule has 8 nitrogen and oxygen atoms in total. The third kappa shape index (κ3) is 4.05. The monoisotopic (exact) mass is 415 g/mol. The Morgan fingerprint density at radius 3 is 2.84 bits per heavy atom. The van der Waals surface area contributed by atoms with Crippen LogP contribution in [0.3, 0.4) is 0 Å². The standard InChI is InChI=1S/C23H21N5O3/c29-22(16-30-17-7-5-8-18(15-17)31-21-11-1-3-12-24-21)27-14-6-9-19(27)23-26-25-20-10-2-4-13-28(20)23/h1-5,7-8,10-13,15,19H,6,9,14,16H2/t19-/m1/s1. The molecule has 4 heterocycles. The van der Waals surface area contributed by atoms with Crippen LogP contribution in [-0.2, 0) is 4.79 Å². The fraction of sp³-hybridized carbons (Fsp3) is 0.217. The Morgan fingerprint density at radius 1 is 1.03 bits per heavy atom. The van der Waals surface area contributed by atoms with Gasteiger partial charge < -0.3 is 14.4 Å². The number of benzene rings is 1. The molecular formula is C23H21N5O3. The van der Waals surface area contributed by atoms with E-state index in [9.17, 15) is 4.79 Å². The van der Waals surface area contributed by atoms with Gasteiger partial charge in [0.2, 0.25) is 5.88 Å². The molecule has 0 saturated carbocycles. The lowest BCUT2D eigenvalue weighted by Crippen LogP contribution is -2.35. The summed E-state index contributed by atoms with van der Waals surface area (Å²) in [7, 11) is 0. The zero-order chi connectivity index (χ0) is 21.0. The van der Waals surface area contributed by atoms with Gasteiger partial charge in [0, 0.05) is 31.1 Å². The SMILES string of the molecule is O=C(COc1cccc(Oc2ccccn2)c1)N1CCC[C@@H]1c1nnc2ccccn12. The van der Waals surface area contributed by atoms with Crippen molar-refractivity contribution in [3.63, 3.8) is 0 Å². The van der Waals surface area contributed by atoms with Crippen LogP contribution in [0.1, 0.15) is 24.7 Å².